The van der Waals surface area contributed by atoms with Crippen LogP contribution in [0.15, 0.2) is 12.1 Å². The first-order valence-corrected chi connectivity index (χ1v) is 6.95. The van der Waals surface area contributed by atoms with Gasteiger partial charge in [-0.05, 0) is 31.2 Å². The summed E-state index contributed by atoms with van der Waals surface area (Å²) in [6, 6.07) is 1.99. The highest BCUT2D eigenvalue weighted by Gasteiger charge is 2.33. The SMILES string of the molecule is CC(C)CCN(C(=O)c1cc(F)c(F)cc1N)C1CC1. The van der Waals surface area contributed by atoms with Gasteiger partial charge < -0.3 is 10.6 Å². The third-order valence-electron chi connectivity index (χ3n) is 3.52. The molecule has 1 amide bonds. The Balaban J connectivity index is 2.21. The van der Waals surface area contributed by atoms with E-state index in [-0.39, 0.29) is 23.2 Å². The van der Waals surface area contributed by atoms with Gasteiger partial charge in [0, 0.05) is 24.3 Å². The van der Waals surface area contributed by atoms with Crippen LogP contribution in [0.4, 0.5) is 14.5 Å². The van der Waals surface area contributed by atoms with E-state index in [0.717, 1.165) is 31.4 Å². The third kappa shape index (κ3) is 3.26. The Morgan fingerprint density at radius 2 is 1.95 bits per heavy atom. The van der Waals surface area contributed by atoms with E-state index < -0.39 is 11.6 Å². The second-order valence-electron chi connectivity index (χ2n) is 5.77. The van der Waals surface area contributed by atoms with Crippen molar-refractivity contribution < 1.29 is 13.6 Å². The van der Waals surface area contributed by atoms with Gasteiger partial charge in [0.05, 0.1) is 5.56 Å². The molecule has 3 nitrogen and oxygen atoms in total. The summed E-state index contributed by atoms with van der Waals surface area (Å²) in [6.07, 6.45) is 2.81. The van der Waals surface area contributed by atoms with E-state index in [2.05, 4.69) is 13.8 Å². The van der Waals surface area contributed by atoms with Crippen LogP contribution in [0.3, 0.4) is 0 Å². The zero-order valence-electron chi connectivity index (χ0n) is 11.8. The molecule has 0 aliphatic heterocycles. The number of nitrogens with two attached hydrogens (primary N) is 1. The molecule has 1 aliphatic carbocycles. The number of halogens is 2. The van der Waals surface area contributed by atoms with Gasteiger partial charge in [-0.2, -0.15) is 0 Å². The predicted octanol–water partition coefficient (Wildman–Crippen LogP) is 3.20. The Morgan fingerprint density at radius 3 is 2.50 bits per heavy atom. The summed E-state index contributed by atoms with van der Waals surface area (Å²) >= 11 is 0. The summed E-state index contributed by atoms with van der Waals surface area (Å²) in [7, 11) is 0. The van der Waals surface area contributed by atoms with Crippen LogP contribution in [-0.4, -0.2) is 23.4 Å². The van der Waals surface area contributed by atoms with Gasteiger partial charge >= 0.3 is 0 Å². The Labute approximate surface area is 117 Å². The summed E-state index contributed by atoms with van der Waals surface area (Å²) < 4.78 is 26.4. The number of hydrogen-bond acceptors (Lipinski definition) is 2. The molecular formula is C15H20F2N2O. The van der Waals surface area contributed by atoms with Gasteiger partial charge in [-0.15, -0.1) is 0 Å². The fraction of sp³-hybridized carbons (Fsp3) is 0.533. The van der Waals surface area contributed by atoms with Crippen LogP contribution in [0.25, 0.3) is 0 Å². The first kappa shape index (κ1) is 14.8. The maximum absolute atomic E-state index is 13.3. The molecule has 1 fully saturated rings. The number of nitrogen functional groups attached to an aromatic ring is 1. The van der Waals surface area contributed by atoms with Crippen LogP contribution in [0, 0.1) is 17.6 Å². The van der Waals surface area contributed by atoms with E-state index in [0.29, 0.717) is 12.5 Å². The fourth-order valence-corrected chi connectivity index (χ4v) is 2.14. The minimum absolute atomic E-state index is 0.0101. The molecule has 0 unspecified atom stereocenters. The number of carbonyl (C=O) groups is 1. The molecule has 2 N–H and O–H groups in total. The number of hydrogen-bond donors (Lipinski definition) is 1. The van der Waals surface area contributed by atoms with Crippen LogP contribution < -0.4 is 5.73 Å². The minimum Gasteiger partial charge on any atom is -0.398 e. The van der Waals surface area contributed by atoms with E-state index in [4.69, 9.17) is 5.73 Å². The second kappa shape index (κ2) is 5.77. The molecule has 1 aromatic rings. The average Bonchev–Trinajstić information content (AvgIpc) is 3.18. The minimum atomic E-state index is -1.04. The summed E-state index contributed by atoms with van der Waals surface area (Å²) in [5.41, 5.74) is 5.70. The van der Waals surface area contributed by atoms with Crippen molar-refractivity contribution >= 4 is 11.6 Å². The van der Waals surface area contributed by atoms with Crippen molar-refractivity contribution in [2.24, 2.45) is 5.92 Å². The molecule has 0 radical (unpaired) electrons. The topological polar surface area (TPSA) is 46.3 Å². The largest absolute Gasteiger partial charge is 0.398 e. The second-order valence-corrected chi connectivity index (χ2v) is 5.77. The molecule has 0 atom stereocenters. The normalized spacial score (nSPS) is 14.7. The highest BCUT2D eigenvalue weighted by Crippen LogP contribution is 2.30. The Kier molecular flexibility index (Phi) is 4.26. The molecule has 0 spiro atoms. The Bertz CT molecular complexity index is 513. The third-order valence-corrected chi connectivity index (χ3v) is 3.52. The summed E-state index contributed by atoms with van der Waals surface area (Å²) in [6.45, 7) is 4.79. The molecule has 2 rings (SSSR count). The van der Waals surface area contributed by atoms with Gasteiger partial charge in [-0.3, -0.25) is 4.79 Å². The van der Waals surface area contributed by atoms with Gasteiger partial charge in [-0.1, -0.05) is 13.8 Å². The monoisotopic (exact) mass is 282 g/mol. The lowest BCUT2D eigenvalue weighted by Crippen LogP contribution is -2.35. The van der Waals surface area contributed by atoms with Crippen molar-refractivity contribution in [1.29, 1.82) is 0 Å². The molecule has 0 aromatic heterocycles. The lowest BCUT2D eigenvalue weighted by molar-refractivity contribution is 0.0736. The average molecular weight is 282 g/mol. The van der Waals surface area contributed by atoms with Crippen molar-refractivity contribution in [3.8, 4) is 0 Å². The van der Waals surface area contributed by atoms with Crippen LogP contribution in [0.1, 0.15) is 43.5 Å². The number of nitrogens with zero attached hydrogens (tertiary/aromatic N) is 1. The van der Waals surface area contributed by atoms with Crippen LogP contribution in [0.5, 0.6) is 0 Å². The number of amides is 1. The van der Waals surface area contributed by atoms with Crippen molar-refractivity contribution in [2.75, 3.05) is 12.3 Å². The van der Waals surface area contributed by atoms with E-state index in [9.17, 15) is 13.6 Å². The Morgan fingerprint density at radius 1 is 1.35 bits per heavy atom. The van der Waals surface area contributed by atoms with Crippen LogP contribution >= 0.6 is 0 Å². The lowest BCUT2D eigenvalue weighted by atomic mass is 10.1. The van der Waals surface area contributed by atoms with E-state index >= 15 is 0 Å². The first-order chi connectivity index (χ1) is 9.40. The zero-order valence-corrected chi connectivity index (χ0v) is 11.8. The smallest absolute Gasteiger partial charge is 0.256 e. The van der Waals surface area contributed by atoms with E-state index in [1.165, 1.54) is 0 Å². The number of benzene rings is 1. The molecule has 0 heterocycles. The Hall–Kier alpha value is -1.65. The molecule has 1 aromatic carbocycles. The zero-order chi connectivity index (χ0) is 14.9. The maximum Gasteiger partial charge on any atom is 0.256 e. The summed E-state index contributed by atoms with van der Waals surface area (Å²) in [4.78, 5) is 14.2. The molecule has 1 aliphatic rings. The van der Waals surface area contributed by atoms with Crippen molar-refractivity contribution in [2.45, 2.75) is 39.2 Å². The van der Waals surface area contributed by atoms with Crippen molar-refractivity contribution in [3.05, 3.63) is 29.3 Å². The molecular weight excluding hydrogens is 262 g/mol. The molecule has 110 valence electrons. The first-order valence-electron chi connectivity index (χ1n) is 6.95. The molecule has 0 saturated heterocycles. The highest BCUT2D eigenvalue weighted by molar-refractivity contribution is 5.99. The fourth-order valence-electron chi connectivity index (χ4n) is 2.14. The molecule has 5 heteroatoms. The number of rotatable bonds is 5. The van der Waals surface area contributed by atoms with Crippen LogP contribution in [0.2, 0.25) is 0 Å². The van der Waals surface area contributed by atoms with E-state index in [1.807, 2.05) is 0 Å². The number of carbonyl (C=O) groups excluding carboxylic acids is 1. The van der Waals surface area contributed by atoms with E-state index in [1.54, 1.807) is 4.90 Å². The number of anilines is 1. The standard InChI is InChI=1S/C15H20F2N2O/c1-9(2)5-6-19(10-3-4-10)15(20)11-7-12(16)13(17)8-14(11)18/h7-10H,3-6,18H2,1-2H3. The van der Waals surface area contributed by atoms with Gasteiger partial charge in [-0.25, -0.2) is 8.78 Å². The molecule has 1 saturated carbocycles. The lowest BCUT2D eigenvalue weighted by Gasteiger charge is -2.24. The molecule has 20 heavy (non-hydrogen) atoms. The van der Waals surface area contributed by atoms with Gasteiger partial charge in [0.25, 0.3) is 5.91 Å². The molecule has 0 bridgehead atoms. The van der Waals surface area contributed by atoms with Gasteiger partial charge in [0.15, 0.2) is 11.6 Å². The predicted molar refractivity (Wildman–Crippen MR) is 74.3 cm³/mol. The van der Waals surface area contributed by atoms with Crippen molar-refractivity contribution in [3.63, 3.8) is 0 Å². The van der Waals surface area contributed by atoms with Gasteiger partial charge in [0.2, 0.25) is 0 Å². The van der Waals surface area contributed by atoms with Crippen LogP contribution in [-0.2, 0) is 0 Å². The maximum atomic E-state index is 13.3. The summed E-state index contributed by atoms with van der Waals surface area (Å²) in [5, 5.41) is 0. The quantitative estimate of drug-likeness (QED) is 0.843. The summed E-state index contributed by atoms with van der Waals surface area (Å²) in [5.74, 6) is -1.89. The van der Waals surface area contributed by atoms with Crippen molar-refractivity contribution in [1.82, 2.24) is 4.90 Å². The van der Waals surface area contributed by atoms with Gasteiger partial charge in [0.1, 0.15) is 0 Å². The highest BCUT2D eigenvalue weighted by atomic mass is 19.2.